The molecule has 16 heavy (non-hydrogen) atoms. The summed E-state index contributed by atoms with van der Waals surface area (Å²) in [5.74, 6) is 0. The fourth-order valence-electron chi connectivity index (χ4n) is 0.192. The number of aliphatic hydroxyl groups is 6. The Morgan fingerprint density at radius 1 is 0.438 bits per heavy atom. The van der Waals surface area contributed by atoms with Gasteiger partial charge in [0.05, 0.1) is 39.6 Å². The Kier molecular flexibility index (Phi) is 38.5. The van der Waals surface area contributed by atoms with Crippen molar-refractivity contribution in [3.8, 4) is 0 Å². The van der Waals surface area contributed by atoms with Gasteiger partial charge < -0.3 is 30.6 Å². The molecular formula is C8H22O8. The molecule has 0 aliphatic carbocycles. The first-order valence-electron chi connectivity index (χ1n) is 4.64. The Hall–Kier alpha value is -0.320. The van der Waals surface area contributed by atoms with Crippen LogP contribution in [0.2, 0.25) is 0 Å². The Morgan fingerprint density at radius 3 is 0.812 bits per heavy atom. The largest absolute Gasteiger partial charge is 0.394 e. The molecule has 0 amide bonds. The first-order chi connectivity index (χ1) is 7.74. The minimum Gasteiger partial charge on any atom is -0.394 e. The van der Waals surface area contributed by atoms with Gasteiger partial charge in [0.1, 0.15) is 13.2 Å². The third-order valence-corrected chi connectivity index (χ3v) is 0.633. The van der Waals surface area contributed by atoms with Crippen molar-refractivity contribution in [2.75, 3.05) is 52.9 Å². The molecule has 0 saturated carbocycles. The third-order valence-electron chi connectivity index (χ3n) is 0.633. The fourth-order valence-corrected chi connectivity index (χ4v) is 0.192. The van der Waals surface area contributed by atoms with E-state index in [1.807, 2.05) is 0 Å². The Labute approximate surface area is 94.2 Å². The van der Waals surface area contributed by atoms with Crippen LogP contribution in [0.15, 0.2) is 0 Å². The second-order valence-electron chi connectivity index (χ2n) is 1.99. The van der Waals surface area contributed by atoms with Gasteiger partial charge in [-0.2, -0.15) is 0 Å². The molecule has 0 fully saturated rings. The highest BCUT2D eigenvalue weighted by atomic mass is 17.2. The van der Waals surface area contributed by atoms with E-state index in [-0.39, 0.29) is 52.9 Å². The smallest absolute Gasteiger partial charge is 0.105 e. The Balaban J connectivity index is -0.000000179. The Bertz CT molecular complexity index is 68.4. The van der Waals surface area contributed by atoms with Gasteiger partial charge in [-0.15, -0.1) is 0 Å². The second kappa shape index (κ2) is 29.3. The predicted molar refractivity (Wildman–Crippen MR) is 54.4 cm³/mol. The lowest BCUT2D eigenvalue weighted by atomic mass is 10.8. The first kappa shape index (κ1) is 21.0. The molecule has 8 nitrogen and oxygen atoms in total. The maximum Gasteiger partial charge on any atom is 0.105 e. The molecule has 6 N–H and O–H groups in total. The molecule has 0 aliphatic rings. The van der Waals surface area contributed by atoms with Crippen LogP contribution in [0.1, 0.15) is 0 Å². The van der Waals surface area contributed by atoms with Crippen LogP contribution in [0.3, 0.4) is 0 Å². The standard InChI is InChI=1S/C4H10O4.2C2H6O2/c5-1-3-7-8-4-2-6;2*3-1-2-4/h5-6H,1-4H2;2*3-4H,1-2H2. The summed E-state index contributed by atoms with van der Waals surface area (Å²) in [6.45, 7) is -0.323. The van der Waals surface area contributed by atoms with Crippen molar-refractivity contribution in [3.05, 3.63) is 0 Å². The molecule has 0 atom stereocenters. The zero-order chi connectivity index (χ0) is 13.1. The van der Waals surface area contributed by atoms with Crippen LogP contribution in [0, 0.1) is 0 Å². The van der Waals surface area contributed by atoms with Crippen LogP contribution < -0.4 is 0 Å². The molecule has 0 unspecified atom stereocenters. The summed E-state index contributed by atoms with van der Waals surface area (Å²) in [4.78, 5) is 8.63. The van der Waals surface area contributed by atoms with Crippen molar-refractivity contribution in [2.24, 2.45) is 0 Å². The number of hydrogen-bond acceptors (Lipinski definition) is 8. The van der Waals surface area contributed by atoms with E-state index in [2.05, 4.69) is 9.78 Å². The van der Waals surface area contributed by atoms with E-state index in [0.29, 0.717) is 0 Å². The molecule has 0 spiro atoms. The summed E-state index contributed by atoms with van der Waals surface area (Å²) in [6.07, 6.45) is 0. The monoisotopic (exact) mass is 246 g/mol. The van der Waals surface area contributed by atoms with E-state index in [9.17, 15) is 0 Å². The van der Waals surface area contributed by atoms with Crippen molar-refractivity contribution in [3.63, 3.8) is 0 Å². The Morgan fingerprint density at radius 2 is 0.688 bits per heavy atom. The molecule has 0 radical (unpaired) electrons. The van der Waals surface area contributed by atoms with Crippen LogP contribution in [0.5, 0.6) is 0 Å². The summed E-state index contributed by atoms with van der Waals surface area (Å²) in [5, 5.41) is 46.7. The second-order valence-corrected chi connectivity index (χ2v) is 1.99. The van der Waals surface area contributed by atoms with Gasteiger partial charge in [0.2, 0.25) is 0 Å². The van der Waals surface area contributed by atoms with Crippen molar-refractivity contribution in [1.82, 2.24) is 0 Å². The van der Waals surface area contributed by atoms with Crippen LogP contribution >= 0.6 is 0 Å². The molecular weight excluding hydrogens is 224 g/mol. The maximum absolute atomic E-state index is 8.10. The normalized spacial score (nSPS) is 8.62. The maximum atomic E-state index is 8.10. The van der Waals surface area contributed by atoms with Crippen molar-refractivity contribution in [1.29, 1.82) is 0 Å². The first-order valence-corrected chi connectivity index (χ1v) is 4.64. The molecule has 0 heterocycles. The average molecular weight is 246 g/mol. The average Bonchev–Trinajstić information content (AvgIpc) is 2.35. The molecule has 0 rings (SSSR count). The minimum atomic E-state index is -0.125. The molecule has 0 bridgehead atoms. The SMILES string of the molecule is OCCO.OCCO.OCCOOCCO. The molecule has 8 heteroatoms. The van der Waals surface area contributed by atoms with Gasteiger partial charge in [-0.25, -0.2) is 9.78 Å². The highest BCUT2D eigenvalue weighted by Gasteiger charge is 1.83. The van der Waals surface area contributed by atoms with E-state index >= 15 is 0 Å². The van der Waals surface area contributed by atoms with Gasteiger partial charge in [0.15, 0.2) is 0 Å². The zero-order valence-electron chi connectivity index (χ0n) is 9.16. The van der Waals surface area contributed by atoms with Crippen molar-refractivity contribution >= 4 is 0 Å². The van der Waals surface area contributed by atoms with Gasteiger partial charge >= 0.3 is 0 Å². The zero-order valence-corrected chi connectivity index (χ0v) is 9.16. The van der Waals surface area contributed by atoms with Gasteiger partial charge in [-0.1, -0.05) is 0 Å². The van der Waals surface area contributed by atoms with E-state index in [1.165, 1.54) is 0 Å². The summed E-state index contributed by atoms with van der Waals surface area (Å²) < 4.78 is 0. The van der Waals surface area contributed by atoms with Gasteiger partial charge in [0.25, 0.3) is 0 Å². The van der Waals surface area contributed by atoms with Crippen LogP contribution in [0.25, 0.3) is 0 Å². The van der Waals surface area contributed by atoms with E-state index < -0.39 is 0 Å². The quantitative estimate of drug-likeness (QED) is 0.157. The molecule has 102 valence electrons. The number of aliphatic hydroxyl groups excluding tert-OH is 6. The van der Waals surface area contributed by atoms with Crippen LogP contribution in [-0.2, 0) is 9.78 Å². The molecule has 0 saturated heterocycles. The van der Waals surface area contributed by atoms with Gasteiger partial charge in [-0.3, -0.25) is 0 Å². The molecule has 0 aromatic heterocycles. The molecule has 0 aromatic rings. The topological polar surface area (TPSA) is 140 Å². The molecule has 0 aliphatic heterocycles. The van der Waals surface area contributed by atoms with Crippen LogP contribution in [-0.4, -0.2) is 83.5 Å². The van der Waals surface area contributed by atoms with E-state index in [4.69, 9.17) is 30.6 Å². The summed E-state index contributed by atoms with van der Waals surface area (Å²) in [5.41, 5.74) is 0. The molecule has 0 aromatic carbocycles. The van der Waals surface area contributed by atoms with Gasteiger partial charge in [0, 0.05) is 0 Å². The number of rotatable bonds is 7. The van der Waals surface area contributed by atoms with Gasteiger partial charge in [-0.05, 0) is 0 Å². The summed E-state index contributed by atoms with van der Waals surface area (Å²) in [6, 6.07) is 0. The fraction of sp³-hybridized carbons (Fsp3) is 1.00. The van der Waals surface area contributed by atoms with Crippen LogP contribution in [0.4, 0.5) is 0 Å². The summed E-state index contributed by atoms with van der Waals surface area (Å²) in [7, 11) is 0. The van der Waals surface area contributed by atoms with Crippen molar-refractivity contribution in [2.45, 2.75) is 0 Å². The minimum absolute atomic E-state index is 0.0641. The lowest BCUT2D eigenvalue weighted by Crippen LogP contribution is -2.03. The highest BCUT2D eigenvalue weighted by molar-refractivity contribution is 4.15. The lowest BCUT2D eigenvalue weighted by molar-refractivity contribution is -0.300. The number of hydrogen-bond donors (Lipinski definition) is 6. The highest BCUT2D eigenvalue weighted by Crippen LogP contribution is 1.74. The lowest BCUT2D eigenvalue weighted by Gasteiger charge is -1.97. The van der Waals surface area contributed by atoms with E-state index in [0.717, 1.165) is 0 Å². The third kappa shape index (κ3) is 49.3. The van der Waals surface area contributed by atoms with Crippen molar-refractivity contribution < 1.29 is 40.4 Å². The summed E-state index contributed by atoms with van der Waals surface area (Å²) >= 11 is 0. The van der Waals surface area contributed by atoms with E-state index in [1.54, 1.807) is 0 Å². The predicted octanol–water partition coefficient (Wildman–Crippen LogP) is -3.14.